The van der Waals surface area contributed by atoms with Crippen molar-refractivity contribution in [3.8, 4) is 5.88 Å². The number of methoxy groups -OCH3 is 1. The number of nitrogens with zero attached hydrogens (tertiary/aromatic N) is 5. The molecular weight excluding hydrogens is 336 g/mol. The fourth-order valence-corrected chi connectivity index (χ4v) is 3.17. The molecule has 1 fully saturated rings. The Morgan fingerprint density at radius 3 is 2.88 bits per heavy atom. The van der Waals surface area contributed by atoms with Crippen molar-refractivity contribution in [1.82, 2.24) is 30.3 Å². The van der Waals surface area contributed by atoms with Crippen LogP contribution in [0, 0.1) is 5.92 Å². The normalized spacial score (nSPS) is 20.4. The van der Waals surface area contributed by atoms with Gasteiger partial charge in [0.15, 0.2) is 5.65 Å². The molecule has 2 N–H and O–H groups in total. The molecule has 3 heterocycles. The Balaban J connectivity index is 1.57. The van der Waals surface area contributed by atoms with Crippen molar-refractivity contribution >= 4 is 11.6 Å². The van der Waals surface area contributed by atoms with Crippen molar-refractivity contribution in [2.24, 2.45) is 5.92 Å². The van der Waals surface area contributed by atoms with Crippen LogP contribution in [0.15, 0.2) is 36.7 Å². The van der Waals surface area contributed by atoms with Crippen molar-refractivity contribution < 1.29 is 14.6 Å². The Bertz CT molecular complexity index is 920. The lowest BCUT2D eigenvalue weighted by atomic mass is 9.75. The van der Waals surface area contributed by atoms with Crippen LogP contribution in [0.2, 0.25) is 0 Å². The van der Waals surface area contributed by atoms with Crippen LogP contribution in [-0.2, 0) is 0 Å². The van der Waals surface area contributed by atoms with Gasteiger partial charge in [-0.25, -0.2) is 4.98 Å². The molecule has 3 aromatic heterocycles. The molecule has 1 saturated carbocycles. The highest BCUT2D eigenvalue weighted by atomic mass is 16.5. The first-order valence-corrected chi connectivity index (χ1v) is 8.30. The van der Waals surface area contributed by atoms with Crippen LogP contribution in [0.1, 0.15) is 34.8 Å². The van der Waals surface area contributed by atoms with Gasteiger partial charge in [-0.1, -0.05) is 6.07 Å². The molecular formula is C17H18N6O3. The molecule has 0 aliphatic heterocycles. The second kappa shape index (κ2) is 6.68. The lowest BCUT2D eigenvalue weighted by Gasteiger charge is -2.38. The number of amides is 1. The first-order valence-electron chi connectivity index (χ1n) is 8.30. The number of fused-ring (bicyclic) bond motifs is 1. The average molecular weight is 354 g/mol. The zero-order valence-electron chi connectivity index (χ0n) is 14.1. The molecule has 9 nitrogen and oxygen atoms in total. The van der Waals surface area contributed by atoms with E-state index in [0.29, 0.717) is 29.9 Å². The van der Waals surface area contributed by atoms with Crippen molar-refractivity contribution in [2.45, 2.75) is 25.0 Å². The Morgan fingerprint density at radius 1 is 1.35 bits per heavy atom. The predicted octanol–water partition coefficient (Wildman–Crippen LogP) is 0.770. The molecule has 1 atom stereocenters. The molecule has 4 rings (SSSR count). The van der Waals surface area contributed by atoms with E-state index in [9.17, 15) is 9.90 Å². The van der Waals surface area contributed by atoms with E-state index in [1.54, 1.807) is 37.7 Å². The Morgan fingerprint density at radius 2 is 2.19 bits per heavy atom. The largest absolute Gasteiger partial charge is 0.481 e. The van der Waals surface area contributed by atoms with Gasteiger partial charge in [-0.15, -0.1) is 5.10 Å². The molecule has 0 radical (unpaired) electrons. The lowest BCUT2D eigenvalue weighted by molar-refractivity contribution is 0.0234. The number of rotatable bonds is 5. The summed E-state index contributed by atoms with van der Waals surface area (Å²) in [6, 6.07) is 6.77. The first kappa shape index (κ1) is 16.4. The number of aromatic nitrogens is 5. The van der Waals surface area contributed by atoms with Crippen LogP contribution >= 0.6 is 0 Å². The summed E-state index contributed by atoms with van der Waals surface area (Å²) in [5.74, 6) is 0.433. The summed E-state index contributed by atoms with van der Waals surface area (Å²) < 4.78 is 6.54. The van der Waals surface area contributed by atoms with Crippen LogP contribution < -0.4 is 10.1 Å². The van der Waals surface area contributed by atoms with Crippen LogP contribution in [0.5, 0.6) is 5.88 Å². The van der Waals surface area contributed by atoms with Gasteiger partial charge in [0.1, 0.15) is 0 Å². The van der Waals surface area contributed by atoms with E-state index >= 15 is 0 Å². The standard InChI is InChI=1S/C17H18N6O3/c1-26-15-5-3-10(8-18-15)16(12-6-13(24)7-12)19-17(25)11-2-4-14-20-21-22-23(14)9-11/h2-5,8-9,12-13,16,24H,6-7H2,1H3,(H,19,25)/t12?,13?,16-/m0/s1. The molecule has 0 bridgehead atoms. The van der Waals surface area contributed by atoms with E-state index in [1.165, 1.54) is 4.52 Å². The SMILES string of the molecule is COc1ccc([C@H](NC(=O)c2ccc3nnnn3c2)C2CC(O)C2)cn1. The summed E-state index contributed by atoms with van der Waals surface area (Å²) in [4.78, 5) is 17.0. The number of hydrogen-bond donors (Lipinski definition) is 2. The molecule has 1 aliphatic rings. The van der Waals surface area contributed by atoms with Gasteiger partial charge in [-0.2, -0.15) is 4.52 Å². The Hall–Kier alpha value is -3.07. The smallest absolute Gasteiger partial charge is 0.253 e. The number of nitrogens with one attached hydrogen (secondary N) is 1. The summed E-state index contributed by atoms with van der Waals surface area (Å²) >= 11 is 0. The molecule has 3 aromatic rings. The molecule has 0 unspecified atom stereocenters. The highest BCUT2D eigenvalue weighted by molar-refractivity contribution is 5.94. The number of aliphatic hydroxyl groups is 1. The van der Waals surface area contributed by atoms with Gasteiger partial charge in [0, 0.05) is 18.5 Å². The van der Waals surface area contributed by atoms with Gasteiger partial charge >= 0.3 is 0 Å². The number of tetrazole rings is 1. The van der Waals surface area contributed by atoms with E-state index in [2.05, 4.69) is 25.8 Å². The summed E-state index contributed by atoms with van der Waals surface area (Å²) in [6.45, 7) is 0. The third kappa shape index (κ3) is 3.08. The van der Waals surface area contributed by atoms with E-state index in [1.807, 2.05) is 6.07 Å². The van der Waals surface area contributed by atoms with Gasteiger partial charge in [0.25, 0.3) is 5.91 Å². The maximum absolute atomic E-state index is 12.7. The average Bonchev–Trinajstić information content (AvgIpc) is 3.11. The van der Waals surface area contributed by atoms with E-state index in [0.717, 1.165) is 5.56 Å². The maximum atomic E-state index is 12.7. The summed E-state index contributed by atoms with van der Waals surface area (Å²) in [7, 11) is 1.55. The minimum Gasteiger partial charge on any atom is -0.481 e. The molecule has 26 heavy (non-hydrogen) atoms. The third-order valence-electron chi connectivity index (χ3n) is 4.69. The lowest BCUT2D eigenvalue weighted by Crippen LogP contribution is -2.41. The molecule has 0 saturated heterocycles. The van der Waals surface area contributed by atoms with Gasteiger partial charge in [0.2, 0.25) is 5.88 Å². The molecule has 9 heteroatoms. The first-order chi connectivity index (χ1) is 12.6. The molecule has 1 amide bonds. The summed E-state index contributed by atoms with van der Waals surface area (Å²) in [5, 5.41) is 23.9. The van der Waals surface area contributed by atoms with Crippen molar-refractivity contribution in [3.05, 3.63) is 47.8 Å². The minimum atomic E-state index is -0.316. The Labute approximate surface area is 149 Å². The molecule has 134 valence electrons. The minimum absolute atomic E-state index is 0.154. The zero-order chi connectivity index (χ0) is 18.1. The van der Waals surface area contributed by atoms with Crippen molar-refractivity contribution in [3.63, 3.8) is 0 Å². The fraction of sp³-hybridized carbons (Fsp3) is 0.353. The zero-order valence-corrected chi connectivity index (χ0v) is 14.1. The molecule has 0 aromatic carbocycles. The van der Waals surface area contributed by atoms with Crippen molar-refractivity contribution in [2.75, 3.05) is 7.11 Å². The fourth-order valence-electron chi connectivity index (χ4n) is 3.17. The highest BCUT2D eigenvalue weighted by Gasteiger charge is 2.36. The monoisotopic (exact) mass is 354 g/mol. The van der Waals surface area contributed by atoms with Crippen LogP contribution in [0.3, 0.4) is 0 Å². The third-order valence-corrected chi connectivity index (χ3v) is 4.69. The van der Waals surface area contributed by atoms with Crippen LogP contribution in [0.4, 0.5) is 0 Å². The number of carbonyl (C=O) groups is 1. The van der Waals surface area contributed by atoms with E-state index in [4.69, 9.17) is 4.74 Å². The Kier molecular flexibility index (Phi) is 4.21. The molecule has 0 spiro atoms. The topological polar surface area (TPSA) is 115 Å². The summed E-state index contributed by atoms with van der Waals surface area (Å²) in [6.07, 6.45) is 4.25. The predicted molar refractivity (Wildman–Crippen MR) is 90.5 cm³/mol. The van der Waals surface area contributed by atoms with Crippen LogP contribution in [-0.4, -0.2) is 49.3 Å². The number of pyridine rings is 2. The highest BCUT2D eigenvalue weighted by Crippen LogP contribution is 2.38. The van der Waals surface area contributed by atoms with Gasteiger partial charge in [0.05, 0.1) is 24.8 Å². The van der Waals surface area contributed by atoms with Crippen molar-refractivity contribution in [1.29, 1.82) is 0 Å². The second-order valence-corrected chi connectivity index (χ2v) is 6.37. The number of carbonyl (C=O) groups excluding carboxylic acids is 1. The van der Waals surface area contributed by atoms with Gasteiger partial charge < -0.3 is 15.2 Å². The maximum Gasteiger partial charge on any atom is 0.253 e. The van der Waals surface area contributed by atoms with Gasteiger partial charge in [-0.05, 0) is 46.9 Å². The summed E-state index contributed by atoms with van der Waals surface area (Å²) in [5.41, 5.74) is 1.90. The molecule has 1 aliphatic carbocycles. The van der Waals surface area contributed by atoms with Gasteiger partial charge in [-0.3, -0.25) is 4.79 Å². The quantitative estimate of drug-likeness (QED) is 0.695. The number of aliphatic hydroxyl groups excluding tert-OH is 1. The van der Waals surface area contributed by atoms with E-state index in [-0.39, 0.29) is 24.0 Å². The number of hydrogen-bond acceptors (Lipinski definition) is 7. The van der Waals surface area contributed by atoms with E-state index < -0.39 is 0 Å². The number of ether oxygens (including phenoxy) is 1. The van der Waals surface area contributed by atoms with Crippen LogP contribution in [0.25, 0.3) is 5.65 Å². The second-order valence-electron chi connectivity index (χ2n) is 6.37.